The van der Waals surface area contributed by atoms with Crippen molar-refractivity contribution in [1.82, 2.24) is 4.98 Å². The molecule has 0 aromatic carbocycles. The van der Waals surface area contributed by atoms with Crippen LogP contribution in [-0.2, 0) is 6.42 Å². The molecule has 2 rings (SSSR count). The van der Waals surface area contributed by atoms with Gasteiger partial charge in [-0.3, -0.25) is 0 Å². The van der Waals surface area contributed by atoms with Gasteiger partial charge in [0.2, 0.25) is 0 Å². The minimum absolute atomic E-state index is 0.00815. The number of rotatable bonds is 3. The van der Waals surface area contributed by atoms with E-state index in [4.69, 9.17) is 5.73 Å². The molecule has 0 aliphatic heterocycles. The van der Waals surface area contributed by atoms with E-state index >= 15 is 0 Å². The highest BCUT2D eigenvalue weighted by Crippen LogP contribution is 2.33. The second-order valence-corrected chi connectivity index (χ2v) is 6.57. The first-order valence-corrected chi connectivity index (χ1v) is 7.69. The molecular formula is C14H24N2S. The van der Waals surface area contributed by atoms with Gasteiger partial charge in [0.25, 0.3) is 0 Å². The van der Waals surface area contributed by atoms with Crippen LogP contribution < -0.4 is 5.73 Å². The summed E-state index contributed by atoms with van der Waals surface area (Å²) in [6, 6.07) is 0. The molecule has 0 saturated heterocycles. The summed E-state index contributed by atoms with van der Waals surface area (Å²) in [6.45, 7) is 4.36. The van der Waals surface area contributed by atoms with Crippen molar-refractivity contribution in [3.05, 3.63) is 16.1 Å². The van der Waals surface area contributed by atoms with E-state index in [2.05, 4.69) is 24.2 Å². The summed E-state index contributed by atoms with van der Waals surface area (Å²) in [4.78, 5) is 4.56. The fourth-order valence-corrected chi connectivity index (χ4v) is 3.80. The quantitative estimate of drug-likeness (QED) is 0.833. The molecule has 17 heavy (non-hydrogen) atoms. The summed E-state index contributed by atoms with van der Waals surface area (Å²) < 4.78 is 0. The third kappa shape index (κ3) is 3.52. The number of thiazole rings is 1. The van der Waals surface area contributed by atoms with Crippen molar-refractivity contribution in [3.8, 4) is 0 Å². The maximum Gasteiger partial charge on any atom is 0.0946 e. The molecule has 2 nitrogen and oxygen atoms in total. The maximum atomic E-state index is 6.58. The molecule has 0 radical (unpaired) electrons. The van der Waals surface area contributed by atoms with Crippen molar-refractivity contribution >= 4 is 11.3 Å². The summed E-state index contributed by atoms with van der Waals surface area (Å²) in [5.74, 6) is 0.901. The monoisotopic (exact) mass is 252 g/mol. The Balaban J connectivity index is 1.98. The van der Waals surface area contributed by atoms with Crippen molar-refractivity contribution in [2.24, 2.45) is 11.7 Å². The average molecular weight is 252 g/mol. The van der Waals surface area contributed by atoms with Crippen molar-refractivity contribution < 1.29 is 0 Å². The molecule has 0 bridgehead atoms. The van der Waals surface area contributed by atoms with Gasteiger partial charge in [-0.25, -0.2) is 4.98 Å². The summed E-state index contributed by atoms with van der Waals surface area (Å²) in [7, 11) is 0. The fraction of sp³-hybridized carbons (Fsp3) is 0.786. The predicted molar refractivity (Wildman–Crippen MR) is 74.3 cm³/mol. The highest BCUT2D eigenvalue weighted by Gasteiger charge is 2.29. The third-order valence-electron chi connectivity index (χ3n) is 4.08. The Morgan fingerprint density at radius 2 is 2.29 bits per heavy atom. The molecular weight excluding hydrogens is 228 g/mol. The largest absolute Gasteiger partial charge is 0.325 e. The van der Waals surface area contributed by atoms with Gasteiger partial charge in [0.1, 0.15) is 0 Å². The summed E-state index contributed by atoms with van der Waals surface area (Å²) >= 11 is 1.76. The molecule has 1 fully saturated rings. The molecule has 2 unspecified atom stereocenters. The molecule has 1 saturated carbocycles. The van der Waals surface area contributed by atoms with Crippen LogP contribution in [0.15, 0.2) is 5.38 Å². The summed E-state index contributed by atoms with van der Waals surface area (Å²) in [6.07, 6.45) is 8.59. The second-order valence-electron chi connectivity index (χ2n) is 5.63. The Morgan fingerprint density at radius 1 is 1.47 bits per heavy atom. The lowest BCUT2D eigenvalue weighted by molar-refractivity contribution is 0.358. The van der Waals surface area contributed by atoms with Crippen LogP contribution in [0.3, 0.4) is 0 Å². The van der Waals surface area contributed by atoms with Gasteiger partial charge in [-0.15, -0.1) is 11.3 Å². The smallest absolute Gasteiger partial charge is 0.0946 e. The normalized spacial score (nSPS) is 30.2. The number of aryl methyl sites for hydroxylation is 1. The van der Waals surface area contributed by atoms with Gasteiger partial charge in [-0.1, -0.05) is 26.2 Å². The van der Waals surface area contributed by atoms with Crippen LogP contribution in [0.2, 0.25) is 0 Å². The van der Waals surface area contributed by atoms with Crippen LogP contribution in [0.25, 0.3) is 0 Å². The van der Waals surface area contributed by atoms with Crippen molar-refractivity contribution in [2.75, 3.05) is 0 Å². The minimum atomic E-state index is 0.00815. The first-order valence-electron chi connectivity index (χ1n) is 6.81. The lowest BCUT2D eigenvalue weighted by atomic mass is 9.87. The van der Waals surface area contributed by atoms with Crippen molar-refractivity contribution in [1.29, 1.82) is 0 Å². The van der Waals surface area contributed by atoms with Crippen LogP contribution in [0.5, 0.6) is 0 Å². The van der Waals surface area contributed by atoms with E-state index in [1.807, 2.05) is 0 Å². The number of nitrogens with zero attached hydrogens (tertiary/aromatic N) is 1. The molecule has 2 N–H and O–H groups in total. The van der Waals surface area contributed by atoms with E-state index in [9.17, 15) is 0 Å². The lowest BCUT2D eigenvalue weighted by Gasteiger charge is -2.27. The van der Waals surface area contributed by atoms with Gasteiger partial charge in [0.15, 0.2) is 0 Å². The van der Waals surface area contributed by atoms with Gasteiger partial charge in [0.05, 0.1) is 5.01 Å². The first-order chi connectivity index (χ1) is 8.11. The Kier molecular flexibility index (Phi) is 4.21. The fourth-order valence-electron chi connectivity index (χ4n) is 2.87. The number of aromatic nitrogens is 1. The highest BCUT2D eigenvalue weighted by atomic mass is 32.1. The molecule has 3 heteroatoms. The van der Waals surface area contributed by atoms with Crippen molar-refractivity contribution in [3.63, 3.8) is 0 Å². The highest BCUT2D eigenvalue weighted by molar-refractivity contribution is 7.09. The van der Waals surface area contributed by atoms with Gasteiger partial charge in [-0.05, 0) is 32.1 Å². The zero-order chi connectivity index (χ0) is 12.3. The Morgan fingerprint density at radius 3 is 2.94 bits per heavy atom. The standard InChI is InChI=1S/C14H24N2S/c1-3-12-5-4-7-14(15,8-6-12)9-13-16-11(2)10-17-13/h10,12H,3-9,15H2,1-2H3. The van der Waals surface area contributed by atoms with E-state index in [-0.39, 0.29) is 5.54 Å². The summed E-state index contributed by atoms with van der Waals surface area (Å²) in [5, 5.41) is 3.35. The van der Waals surface area contributed by atoms with E-state index in [1.165, 1.54) is 43.5 Å². The molecule has 1 aliphatic rings. The maximum absolute atomic E-state index is 6.58. The summed E-state index contributed by atoms with van der Waals surface area (Å²) in [5.41, 5.74) is 7.73. The number of hydrogen-bond acceptors (Lipinski definition) is 3. The third-order valence-corrected chi connectivity index (χ3v) is 5.05. The topological polar surface area (TPSA) is 38.9 Å². The van der Waals surface area contributed by atoms with Crippen LogP contribution in [0, 0.1) is 12.8 Å². The van der Waals surface area contributed by atoms with Crippen LogP contribution in [0.4, 0.5) is 0 Å². The zero-order valence-corrected chi connectivity index (χ0v) is 11.9. The zero-order valence-electron chi connectivity index (χ0n) is 11.0. The van der Waals surface area contributed by atoms with E-state index in [0.29, 0.717) is 0 Å². The molecule has 0 spiro atoms. The van der Waals surface area contributed by atoms with E-state index in [0.717, 1.165) is 18.0 Å². The Hall–Kier alpha value is -0.410. The van der Waals surface area contributed by atoms with Gasteiger partial charge >= 0.3 is 0 Å². The van der Waals surface area contributed by atoms with Gasteiger partial charge in [0, 0.05) is 23.0 Å². The molecule has 1 heterocycles. The van der Waals surface area contributed by atoms with Crippen LogP contribution in [-0.4, -0.2) is 10.5 Å². The first kappa shape index (κ1) is 13.0. The molecule has 1 aliphatic carbocycles. The lowest BCUT2D eigenvalue weighted by Crippen LogP contribution is -2.41. The molecule has 1 aromatic heterocycles. The van der Waals surface area contributed by atoms with Gasteiger partial charge < -0.3 is 5.73 Å². The molecule has 1 aromatic rings. The van der Waals surface area contributed by atoms with Crippen LogP contribution in [0.1, 0.15) is 56.2 Å². The molecule has 0 amide bonds. The minimum Gasteiger partial charge on any atom is -0.325 e. The van der Waals surface area contributed by atoms with E-state index < -0.39 is 0 Å². The average Bonchev–Trinajstić information content (AvgIpc) is 2.59. The Labute approximate surface area is 109 Å². The van der Waals surface area contributed by atoms with Crippen molar-refractivity contribution in [2.45, 2.75) is 64.3 Å². The SMILES string of the molecule is CCC1CCCC(N)(Cc2nc(C)cs2)CC1. The second kappa shape index (κ2) is 5.49. The number of nitrogens with two attached hydrogens (primary N) is 1. The van der Waals surface area contributed by atoms with E-state index in [1.54, 1.807) is 11.3 Å². The predicted octanol–water partition coefficient (Wildman–Crippen LogP) is 3.68. The Bertz CT molecular complexity index is 361. The molecule has 96 valence electrons. The van der Waals surface area contributed by atoms with Crippen LogP contribution >= 0.6 is 11.3 Å². The van der Waals surface area contributed by atoms with Gasteiger partial charge in [-0.2, -0.15) is 0 Å². The molecule has 2 atom stereocenters. The number of hydrogen-bond donors (Lipinski definition) is 1.